The Morgan fingerprint density at radius 3 is 2.30 bits per heavy atom. The summed E-state index contributed by atoms with van der Waals surface area (Å²) in [7, 11) is 7.06. The summed E-state index contributed by atoms with van der Waals surface area (Å²) < 4.78 is 16.3. The van der Waals surface area contributed by atoms with Crippen LogP contribution in [0.3, 0.4) is 0 Å². The van der Waals surface area contributed by atoms with Crippen LogP contribution in [0.5, 0.6) is 17.2 Å². The van der Waals surface area contributed by atoms with E-state index in [1.807, 2.05) is 18.3 Å². The highest BCUT2D eigenvalue weighted by molar-refractivity contribution is 5.69. The van der Waals surface area contributed by atoms with E-state index in [9.17, 15) is 0 Å². The van der Waals surface area contributed by atoms with Crippen LogP contribution in [0.25, 0.3) is 11.3 Å². The second kappa shape index (κ2) is 9.06. The SMILES string of the molecule is COc1cc(-c2cc(CN(C)C3CCNCC3)ccn2)cc(OC)c1OC. The lowest BCUT2D eigenvalue weighted by Crippen LogP contribution is -2.40. The molecule has 1 aromatic carbocycles. The lowest BCUT2D eigenvalue weighted by Gasteiger charge is -2.31. The maximum atomic E-state index is 5.47. The average molecular weight is 371 g/mol. The molecule has 1 aliphatic heterocycles. The van der Waals surface area contributed by atoms with E-state index in [2.05, 4.69) is 34.4 Å². The summed E-state index contributed by atoms with van der Waals surface area (Å²) in [6.45, 7) is 3.11. The first-order chi connectivity index (χ1) is 13.2. The van der Waals surface area contributed by atoms with Gasteiger partial charge >= 0.3 is 0 Å². The molecule has 1 aliphatic rings. The zero-order valence-electron chi connectivity index (χ0n) is 16.6. The molecule has 6 heteroatoms. The summed E-state index contributed by atoms with van der Waals surface area (Å²) in [6.07, 6.45) is 4.26. The molecular formula is C21H29N3O3. The zero-order valence-corrected chi connectivity index (χ0v) is 16.6. The fourth-order valence-electron chi connectivity index (χ4n) is 3.62. The Hall–Kier alpha value is -2.31. The van der Waals surface area contributed by atoms with Gasteiger partial charge in [-0.25, -0.2) is 0 Å². The van der Waals surface area contributed by atoms with Crippen molar-refractivity contribution < 1.29 is 14.2 Å². The van der Waals surface area contributed by atoms with E-state index in [1.54, 1.807) is 21.3 Å². The molecule has 0 unspecified atom stereocenters. The van der Waals surface area contributed by atoms with Gasteiger partial charge in [0.15, 0.2) is 11.5 Å². The summed E-state index contributed by atoms with van der Waals surface area (Å²) >= 11 is 0. The number of hydrogen-bond acceptors (Lipinski definition) is 6. The zero-order chi connectivity index (χ0) is 19.2. The molecule has 0 bridgehead atoms. The molecule has 6 nitrogen and oxygen atoms in total. The minimum absolute atomic E-state index is 0.588. The van der Waals surface area contributed by atoms with Crippen LogP contribution in [0.2, 0.25) is 0 Å². The van der Waals surface area contributed by atoms with Gasteiger partial charge in [-0.1, -0.05) is 0 Å². The smallest absolute Gasteiger partial charge is 0.203 e. The summed E-state index contributed by atoms with van der Waals surface area (Å²) in [5.41, 5.74) is 3.08. The predicted octanol–water partition coefficient (Wildman–Crippen LogP) is 2.96. The fraction of sp³-hybridized carbons (Fsp3) is 0.476. The van der Waals surface area contributed by atoms with Crippen LogP contribution in [0.4, 0.5) is 0 Å². The van der Waals surface area contributed by atoms with Crippen LogP contribution in [0, 0.1) is 0 Å². The third kappa shape index (κ3) is 4.51. The first-order valence-corrected chi connectivity index (χ1v) is 9.32. The molecule has 27 heavy (non-hydrogen) atoms. The molecule has 2 aromatic rings. The van der Waals surface area contributed by atoms with Gasteiger partial charge in [0, 0.05) is 24.3 Å². The predicted molar refractivity (Wildman–Crippen MR) is 107 cm³/mol. The van der Waals surface area contributed by atoms with Gasteiger partial charge in [0.2, 0.25) is 5.75 Å². The Bertz CT molecular complexity index is 735. The molecular weight excluding hydrogens is 342 g/mol. The second-order valence-corrected chi connectivity index (χ2v) is 6.86. The Morgan fingerprint density at radius 1 is 1.04 bits per heavy atom. The van der Waals surface area contributed by atoms with E-state index in [0.29, 0.717) is 23.3 Å². The van der Waals surface area contributed by atoms with Crippen LogP contribution in [0.15, 0.2) is 30.5 Å². The molecule has 1 aromatic heterocycles. The molecule has 0 saturated carbocycles. The van der Waals surface area contributed by atoms with Crippen molar-refractivity contribution in [2.75, 3.05) is 41.5 Å². The number of nitrogens with zero attached hydrogens (tertiary/aromatic N) is 2. The van der Waals surface area contributed by atoms with E-state index >= 15 is 0 Å². The van der Waals surface area contributed by atoms with Gasteiger partial charge < -0.3 is 19.5 Å². The first kappa shape index (κ1) is 19.5. The Balaban J connectivity index is 1.84. The van der Waals surface area contributed by atoms with Gasteiger partial charge in [0.05, 0.1) is 27.0 Å². The standard InChI is InChI=1S/C21H29N3O3/c1-24(17-6-8-22-9-7-17)14-15-5-10-23-18(11-15)16-12-19(25-2)21(27-4)20(13-16)26-3/h5,10-13,17,22H,6-9,14H2,1-4H3. The highest BCUT2D eigenvalue weighted by Gasteiger charge is 2.18. The van der Waals surface area contributed by atoms with Crippen molar-refractivity contribution in [3.05, 3.63) is 36.0 Å². The van der Waals surface area contributed by atoms with Crippen molar-refractivity contribution in [2.45, 2.75) is 25.4 Å². The third-order valence-corrected chi connectivity index (χ3v) is 5.15. The van der Waals surface area contributed by atoms with Crippen molar-refractivity contribution in [1.29, 1.82) is 0 Å². The van der Waals surface area contributed by atoms with Gasteiger partial charge in [-0.2, -0.15) is 0 Å². The molecule has 0 aliphatic carbocycles. The number of piperidine rings is 1. The van der Waals surface area contributed by atoms with Gasteiger partial charge in [-0.15, -0.1) is 0 Å². The van der Waals surface area contributed by atoms with E-state index in [4.69, 9.17) is 14.2 Å². The second-order valence-electron chi connectivity index (χ2n) is 6.86. The van der Waals surface area contributed by atoms with E-state index in [0.717, 1.165) is 30.9 Å². The van der Waals surface area contributed by atoms with Gasteiger partial charge in [-0.05, 0) is 62.8 Å². The number of rotatable bonds is 7. The first-order valence-electron chi connectivity index (χ1n) is 9.32. The Labute approximate surface area is 161 Å². The van der Waals surface area contributed by atoms with Gasteiger partial charge in [0.25, 0.3) is 0 Å². The molecule has 0 amide bonds. The average Bonchev–Trinajstić information content (AvgIpc) is 2.73. The highest BCUT2D eigenvalue weighted by atomic mass is 16.5. The van der Waals surface area contributed by atoms with E-state index in [1.165, 1.54) is 18.4 Å². The normalized spacial score (nSPS) is 15.0. The van der Waals surface area contributed by atoms with Gasteiger partial charge in [-0.3, -0.25) is 9.88 Å². The number of pyridine rings is 1. The summed E-state index contributed by atoms with van der Waals surface area (Å²) in [5, 5.41) is 3.42. The minimum atomic E-state index is 0.588. The summed E-state index contributed by atoms with van der Waals surface area (Å²) in [4.78, 5) is 6.99. The van der Waals surface area contributed by atoms with Crippen LogP contribution in [0.1, 0.15) is 18.4 Å². The maximum Gasteiger partial charge on any atom is 0.203 e. The van der Waals surface area contributed by atoms with Crippen LogP contribution >= 0.6 is 0 Å². The lowest BCUT2D eigenvalue weighted by molar-refractivity contribution is 0.192. The maximum absolute atomic E-state index is 5.47. The minimum Gasteiger partial charge on any atom is -0.493 e. The number of ether oxygens (including phenoxy) is 3. The van der Waals surface area contributed by atoms with Crippen molar-refractivity contribution in [3.8, 4) is 28.5 Å². The lowest BCUT2D eigenvalue weighted by atomic mass is 10.0. The summed E-state index contributed by atoms with van der Waals surface area (Å²) in [6, 6.07) is 8.72. The van der Waals surface area contributed by atoms with Crippen LogP contribution < -0.4 is 19.5 Å². The molecule has 1 saturated heterocycles. The van der Waals surface area contributed by atoms with Crippen molar-refractivity contribution in [1.82, 2.24) is 15.2 Å². The fourth-order valence-corrected chi connectivity index (χ4v) is 3.62. The topological polar surface area (TPSA) is 55.9 Å². The number of methoxy groups -OCH3 is 3. The van der Waals surface area contributed by atoms with Crippen LogP contribution in [-0.4, -0.2) is 57.4 Å². The number of benzene rings is 1. The monoisotopic (exact) mass is 371 g/mol. The van der Waals surface area contributed by atoms with Crippen molar-refractivity contribution in [2.24, 2.45) is 0 Å². The molecule has 3 rings (SSSR count). The highest BCUT2D eigenvalue weighted by Crippen LogP contribution is 2.40. The molecule has 2 heterocycles. The van der Waals surface area contributed by atoms with E-state index in [-0.39, 0.29) is 0 Å². The van der Waals surface area contributed by atoms with E-state index < -0.39 is 0 Å². The summed E-state index contributed by atoms with van der Waals surface area (Å²) in [5.74, 6) is 1.85. The van der Waals surface area contributed by atoms with Crippen LogP contribution in [-0.2, 0) is 6.54 Å². The number of hydrogen-bond donors (Lipinski definition) is 1. The molecule has 0 atom stereocenters. The Kier molecular flexibility index (Phi) is 6.53. The van der Waals surface area contributed by atoms with Gasteiger partial charge in [0.1, 0.15) is 0 Å². The molecule has 146 valence electrons. The van der Waals surface area contributed by atoms with Crippen molar-refractivity contribution >= 4 is 0 Å². The Morgan fingerprint density at radius 2 is 1.70 bits per heavy atom. The molecule has 0 radical (unpaired) electrons. The molecule has 1 fully saturated rings. The van der Waals surface area contributed by atoms with Crippen molar-refractivity contribution in [3.63, 3.8) is 0 Å². The molecule has 0 spiro atoms. The largest absolute Gasteiger partial charge is 0.493 e. The third-order valence-electron chi connectivity index (χ3n) is 5.15. The number of aromatic nitrogens is 1. The quantitative estimate of drug-likeness (QED) is 0.808. The number of nitrogens with one attached hydrogen (secondary N) is 1. The molecule has 1 N–H and O–H groups in total.